The summed E-state index contributed by atoms with van der Waals surface area (Å²) >= 11 is 1.48. The van der Waals surface area contributed by atoms with Crippen LogP contribution in [0.3, 0.4) is 0 Å². The van der Waals surface area contributed by atoms with E-state index in [9.17, 15) is 4.79 Å². The summed E-state index contributed by atoms with van der Waals surface area (Å²) in [7, 11) is 1.58. The van der Waals surface area contributed by atoms with Gasteiger partial charge < -0.3 is 13.9 Å². The van der Waals surface area contributed by atoms with Crippen LogP contribution in [0.4, 0.5) is 0 Å². The summed E-state index contributed by atoms with van der Waals surface area (Å²) in [5, 5.41) is 13.5. The van der Waals surface area contributed by atoms with Crippen molar-refractivity contribution < 1.29 is 13.9 Å². The number of methoxy groups -OCH3 is 1. The van der Waals surface area contributed by atoms with E-state index in [0.717, 1.165) is 30.4 Å². The molecule has 1 fully saturated rings. The monoisotopic (exact) mass is 374 g/mol. The summed E-state index contributed by atoms with van der Waals surface area (Å²) in [5.41, 5.74) is 0.988. The van der Waals surface area contributed by atoms with Crippen molar-refractivity contribution in [2.24, 2.45) is 0 Å². The molecule has 8 nitrogen and oxygen atoms in total. The van der Waals surface area contributed by atoms with Crippen molar-refractivity contribution in [2.45, 2.75) is 36.4 Å². The third kappa shape index (κ3) is 3.58. The van der Waals surface area contributed by atoms with E-state index in [4.69, 9.17) is 13.9 Å². The largest absolute Gasteiger partial charge is 0.497 e. The molecular weight excluding hydrogens is 356 g/mol. The van der Waals surface area contributed by atoms with Crippen LogP contribution in [0.1, 0.15) is 18.4 Å². The molecule has 1 atom stereocenters. The minimum Gasteiger partial charge on any atom is -0.497 e. The van der Waals surface area contributed by atoms with E-state index >= 15 is 0 Å². The maximum absolute atomic E-state index is 11.9. The quantitative estimate of drug-likeness (QED) is 0.479. The topological polar surface area (TPSA) is 92.3 Å². The minimum absolute atomic E-state index is 0.162. The van der Waals surface area contributed by atoms with E-state index < -0.39 is 0 Å². The predicted octanol–water partition coefficient (Wildman–Crippen LogP) is 2.26. The Morgan fingerprint density at radius 2 is 2.31 bits per heavy atom. The molecule has 0 spiro atoms. The van der Waals surface area contributed by atoms with Gasteiger partial charge in [-0.05, 0) is 41.0 Å². The molecule has 0 bridgehead atoms. The smallest absolute Gasteiger partial charge is 0.336 e. The van der Waals surface area contributed by atoms with E-state index in [1.807, 2.05) is 12.1 Å². The molecule has 0 saturated carbocycles. The van der Waals surface area contributed by atoms with E-state index in [2.05, 4.69) is 15.5 Å². The van der Waals surface area contributed by atoms with Crippen LogP contribution in [0, 0.1) is 0 Å². The predicted molar refractivity (Wildman–Crippen MR) is 95.4 cm³/mol. The lowest BCUT2D eigenvalue weighted by Crippen LogP contribution is -2.16. The second-order valence-corrected chi connectivity index (χ2v) is 6.96. The summed E-state index contributed by atoms with van der Waals surface area (Å²) in [6.07, 6.45) is 2.26. The van der Waals surface area contributed by atoms with Crippen LogP contribution in [-0.2, 0) is 17.0 Å². The maximum atomic E-state index is 11.9. The summed E-state index contributed by atoms with van der Waals surface area (Å²) in [4.78, 5) is 11.9. The van der Waals surface area contributed by atoms with Crippen molar-refractivity contribution >= 4 is 22.7 Å². The zero-order chi connectivity index (χ0) is 17.9. The molecule has 0 aliphatic carbocycles. The van der Waals surface area contributed by atoms with Gasteiger partial charge in [0, 0.05) is 29.9 Å². The van der Waals surface area contributed by atoms with Crippen LogP contribution >= 0.6 is 11.8 Å². The van der Waals surface area contributed by atoms with Gasteiger partial charge in [-0.15, -0.1) is 5.10 Å². The Balaban J connectivity index is 1.55. The lowest BCUT2D eigenvalue weighted by molar-refractivity contribution is 0.0912. The van der Waals surface area contributed by atoms with Gasteiger partial charge in [-0.25, -0.2) is 9.48 Å². The molecule has 0 radical (unpaired) electrons. The van der Waals surface area contributed by atoms with Crippen molar-refractivity contribution in [1.29, 1.82) is 0 Å². The van der Waals surface area contributed by atoms with E-state index in [0.29, 0.717) is 28.8 Å². The fourth-order valence-electron chi connectivity index (χ4n) is 2.99. The van der Waals surface area contributed by atoms with Crippen molar-refractivity contribution in [3.8, 4) is 5.75 Å². The second kappa shape index (κ2) is 7.46. The Bertz CT molecular complexity index is 965. The highest BCUT2D eigenvalue weighted by Gasteiger charge is 2.19. The number of aromatic nitrogens is 4. The molecule has 9 heteroatoms. The van der Waals surface area contributed by atoms with Crippen molar-refractivity contribution in [1.82, 2.24) is 20.2 Å². The van der Waals surface area contributed by atoms with Gasteiger partial charge in [0.1, 0.15) is 11.3 Å². The molecule has 3 heterocycles. The Morgan fingerprint density at radius 1 is 1.38 bits per heavy atom. The normalized spacial score (nSPS) is 17.0. The lowest BCUT2D eigenvalue weighted by Gasteiger charge is -2.10. The summed E-state index contributed by atoms with van der Waals surface area (Å²) in [5.74, 6) is 1.20. The Hall–Kier alpha value is -2.39. The maximum Gasteiger partial charge on any atom is 0.336 e. The second-order valence-electron chi connectivity index (χ2n) is 6.02. The van der Waals surface area contributed by atoms with Gasteiger partial charge >= 0.3 is 5.63 Å². The van der Waals surface area contributed by atoms with Crippen molar-refractivity contribution in [3.63, 3.8) is 0 Å². The van der Waals surface area contributed by atoms with Crippen LogP contribution in [0.5, 0.6) is 5.75 Å². The number of nitrogens with zero attached hydrogens (tertiary/aromatic N) is 4. The van der Waals surface area contributed by atoms with Gasteiger partial charge in [-0.3, -0.25) is 0 Å². The van der Waals surface area contributed by atoms with Crippen LogP contribution in [-0.4, -0.2) is 40.0 Å². The van der Waals surface area contributed by atoms with Gasteiger partial charge in [0.25, 0.3) is 0 Å². The van der Waals surface area contributed by atoms with E-state index in [-0.39, 0.29) is 11.7 Å². The number of hydrogen-bond acceptors (Lipinski definition) is 8. The molecule has 1 aromatic carbocycles. The van der Waals surface area contributed by atoms with Crippen molar-refractivity contribution in [2.75, 3.05) is 13.7 Å². The number of benzene rings is 1. The first-order chi connectivity index (χ1) is 12.7. The number of rotatable bonds is 6. The third-order valence-corrected chi connectivity index (χ3v) is 5.30. The number of ether oxygens (including phenoxy) is 2. The molecule has 0 unspecified atom stereocenters. The third-order valence-electron chi connectivity index (χ3n) is 4.29. The molecule has 2 aromatic heterocycles. The molecule has 26 heavy (non-hydrogen) atoms. The SMILES string of the molecule is COc1ccc2c(CSc3nnnn3C[C@H]3CCCO3)cc(=O)oc2c1. The van der Waals surface area contributed by atoms with E-state index in [1.54, 1.807) is 17.9 Å². The van der Waals surface area contributed by atoms with Gasteiger partial charge in [-0.2, -0.15) is 0 Å². The number of hydrogen-bond donors (Lipinski definition) is 0. The van der Waals surface area contributed by atoms with Gasteiger partial charge in [0.15, 0.2) is 0 Å². The highest BCUT2D eigenvalue weighted by atomic mass is 32.2. The molecule has 0 amide bonds. The fraction of sp³-hybridized carbons (Fsp3) is 0.412. The minimum atomic E-state index is -0.389. The average Bonchev–Trinajstić information content (AvgIpc) is 3.31. The van der Waals surface area contributed by atoms with Crippen LogP contribution in [0.15, 0.2) is 38.6 Å². The molecule has 0 N–H and O–H groups in total. The molecular formula is C17H18N4O4S. The molecule has 1 saturated heterocycles. The first-order valence-corrected chi connectivity index (χ1v) is 9.33. The highest BCUT2D eigenvalue weighted by Crippen LogP contribution is 2.27. The first kappa shape index (κ1) is 17.0. The first-order valence-electron chi connectivity index (χ1n) is 8.34. The van der Waals surface area contributed by atoms with Gasteiger partial charge in [-0.1, -0.05) is 11.8 Å². The summed E-state index contributed by atoms with van der Waals surface area (Å²) in [6.45, 7) is 1.44. The fourth-order valence-corrected chi connectivity index (χ4v) is 3.87. The average molecular weight is 374 g/mol. The highest BCUT2D eigenvalue weighted by molar-refractivity contribution is 7.98. The molecule has 3 aromatic rings. The zero-order valence-electron chi connectivity index (χ0n) is 14.3. The summed E-state index contributed by atoms with van der Waals surface area (Å²) in [6, 6.07) is 6.96. The molecule has 1 aliphatic heterocycles. The Morgan fingerprint density at radius 3 is 3.12 bits per heavy atom. The number of tetrazole rings is 1. The van der Waals surface area contributed by atoms with Gasteiger partial charge in [0.05, 0.1) is 19.8 Å². The zero-order valence-corrected chi connectivity index (χ0v) is 15.1. The number of thioether (sulfide) groups is 1. The molecule has 4 rings (SSSR count). The lowest BCUT2D eigenvalue weighted by atomic mass is 10.1. The molecule has 136 valence electrons. The Labute approximate surface area is 153 Å². The Kier molecular flexibility index (Phi) is 4.89. The van der Waals surface area contributed by atoms with Crippen LogP contribution < -0.4 is 10.4 Å². The van der Waals surface area contributed by atoms with E-state index in [1.165, 1.54) is 17.8 Å². The van der Waals surface area contributed by atoms with Gasteiger partial charge in [0.2, 0.25) is 5.16 Å². The van der Waals surface area contributed by atoms with Crippen molar-refractivity contribution in [3.05, 3.63) is 40.2 Å². The molecule has 1 aliphatic rings. The van der Waals surface area contributed by atoms with Crippen LogP contribution in [0.2, 0.25) is 0 Å². The standard InChI is InChI=1S/C17H18N4O4S/c1-23-12-4-5-14-11(7-16(22)25-15(14)8-12)10-26-17-18-19-20-21(17)9-13-3-2-6-24-13/h4-5,7-8,13H,2-3,6,9-10H2,1H3/t13-/m1/s1. The van der Waals surface area contributed by atoms with Crippen LogP contribution in [0.25, 0.3) is 11.0 Å². The summed E-state index contributed by atoms with van der Waals surface area (Å²) < 4.78 is 17.9. The number of fused-ring (bicyclic) bond motifs is 1.